The Kier molecular flexibility index (Phi) is 5.44. The molecule has 3 nitrogen and oxygen atoms in total. The fourth-order valence-electron chi connectivity index (χ4n) is 1.97. The number of ketones is 1. The quantitative estimate of drug-likeness (QED) is 0.824. The third kappa shape index (κ3) is 4.49. The van der Waals surface area contributed by atoms with E-state index in [9.17, 15) is 14.0 Å². The molecule has 0 aliphatic carbocycles. The molecule has 116 valence electrons. The lowest BCUT2D eigenvalue weighted by molar-refractivity contribution is -0.121. The van der Waals surface area contributed by atoms with Crippen LogP contribution in [0.4, 0.5) is 4.39 Å². The molecule has 0 spiro atoms. The highest BCUT2D eigenvalue weighted by molar-refractivity contribution is 7.14. The highest BCUT2D eigenvalue weighted by atomic mass is 32.1. The van der Waals surface area contributed by atoms with Gasteiger partial charge in [0.25, 0.3) is 0 Å². The zero-order valence-electron chi connectivity index (χ0n) is 12.6. The van der Waals surface area contributed by atoms with E-state index in [0.717, 1.165) is 4.88 Å². The maximum Gasteiger partial charge on any atom is 0.220 e. The van der Waals surface area contributed by atoms with Crippen molar-refractivity contribution in [3.05, 3.63) is 57.0 Å². The van der Waals surface area contributed by atoms with Gasteiger partial charge in [-0.1, -0.05) is 12.1 Å². The minimum absolute atomic E-state index is 0.0189. The first-order chi connectivity index (χ1) is 10.5. The predicted octanol–water partition coefficient (Wildman–Crippen LogP) is 3.78. The second-order valence-corrected chi connectivity index (χ2v) is 6.48. The summed E-state index contributed by atoms with van der Waals surface area (Å²) in [5.41, 5.74) is 1.28. The molecule has 1 amide bonds. The van der Waals surface area contributed by atoms with Crippen molar-refractivity contribution in [2.45, 2.75) is 33.2 Å². The van der Waals surface area contributed by atoms with Crippen LogP contribution < -0.4 is 5.32 Å². The number of carbonyl (C=O) groups excluding carboxylic acids is 2. The Balaban J connectivity index is 1.78. The van der Waals surface area contributed by atoms with Crippen LogP contribution in [0.25, 0.3) is 0 Å². The molecule has 1 heterocycles. The van der Waals surface area contributed by atoms with E-state index in [0.29, 0.717) is 16.0 Å². The molecule has 2 rings (SSSR count). The van der Waals surface area contributed by atoms with Crippen LogP contribution in [0.1, 0.15) is 38.5 Å². The van der Waals surface area contributed by atoms with Crippen LogP contribution in [0.2, 0.25) is 0 Å². The molecule has 0 atom stereocenters. The molecule has 1 aromatic carbocycles. The van der Waals surface area contributed by atoms with E-state index < -0.39 is 0 Å². The van der Waals surface area contributed by atoms with E-state index in [2.05, 4.69) is 5.32 Å². The maximum atomic E-state index is 13.4. The summed E-state index contributed by atoms with van der Waals surface area (Å²) in [5, 5.41) is 2.70. The molecule has 0 fully saturated rings. The van der Waals surface area contributed by atoms with Gasteiger partial charge in [0.15, 0.2) is 5.78 Å². The summed E-state index contributed by atoms with van der Waals surface area (Å²) in [4.78, 5) is 25.4. The lowest BCUT2D eigenvalue weighted by atomic mass is 10.1. The standard InChI is InChI=1S/C17H18FNO2S/c1-11-3-5-13(9-14(11)18)10-19-17(21)8-6-15(20)16-7-4-12(2)22-16/h3-5,7,9H,6,8,10H2,1-2H3,(H,19,21). The van der Waals surface area contributed by atoms with Gasteiger partial charge >= 0.3 is 0 Å². The van der Waals surface area contributed by atoms with Gasteiger partial charge in [-0.15, -0.1) is 11.3 Å². The number of nitrogens with one attached hydrogen (secondary N) is 1. The topological polar surface area (TPSA) is 46.2 Å². The van der Waals surface area contributed by atoms with Gasteiger partial charge in [0, 0.05) is 24.3 Å². The van der Waals surface area contributed by atoms with Gasteiger partial charge in [-0.3, -0.25) is 9.59 Å². The average Bonchev–Trinajstić information content (AvgIpc) is 2.92. The van der Waals surface area contributed by atoms with Crippen molar-refractivity contribution in [2.75, 3.05) is 0 Å². The second-order valence-electron chi connectivity index (χ2n) is 5.19. The lowest BCUT2D eigenvalue weighted by Gasteiger charge is -2.06. The minimum atomic E-state index is -0.282. The Morgan fingerprint density at radius 1 is 1.14 bits per heavy atom. The fourth-order valence-corrected chi connectivity index (χ4v) is 2.80. The summed E-state index contributed by atoms with van der Waals surface area (Å²) in [7, 11) is 0. The maximum absolute atomic E-state index is 13.4. The molecular formula is C17H18FNO2S. The summed E-state index contributed by atoms with van der Waals surface area (Å²) < 4.78 is 13.4. The molecule has 0 bridgehead atoms. The van der Waals surface area contributed by atoms with Crippen LogP contribution in [-0.4, -0.2) is 11.7 Å². The van der Waals surface area contributed by atoms with Gasteiger partial charge < -0.3 is 5.32 Å². The molecular weight excluding hydrogens is 301 g/mol. The van der Waals surface area contributed by atoms with Gasteiger partial charge in [-0.2, -0.15) is 0 Å². The molecule has 2 aromatic rings. The minimum Gasteiger partial charge on any atom is -0.352 e. The zero-order valence-corrected chi connectivity index (χ0v) is 13.4. The fraction of sp³-hybridized carbons (Fsp3) is 0.294. The van der Waals surface area contributed by atoms with E-state index in [1.54, 1.807) is 25.1 Å². The van der Waals surface area contributed by atoms with E-state index in [1.807, 2.05) is 13.0 Å². The Morgan fingerprint density at radius 3 is 2.55 bits per heavy atom. The summed E-state index contributed by atoms with van der Waals surface area (Å²) in [6, 6.07) is 8.55. The molecule has 0 saturated heterocycles. The first-order valence-corrected chi connectivity index (χ1v) is 7.88. The number of carbonyl (C=O) groups is 2. The van der Waals surface area contributed by atoms with Crippen molar-refractivity contribution < 1.29 is 14.0 Å². The third-order valence-electron chi connectivity index (χ3n) is 3.32. The largest absolute Gasteiger partial charge is 0.352 e. The number of amides is 1. The van der Waals surface area contributed by atoms with Crippen LogP contribution in [0.5, 0.6) is 0 Å². The Labute approximate surface area is 133 Å². The van der Waals surface area contributed by atoms with Crippen molar-refractivity contribution in [1.29, 1.82) is 0 Å². The number of thiophene rings is 1. The highest BCUT2D eigenvalue weighted by Crippen LogP contribution is 2.17. The number of hydrogen-bond acceptors (Lipinski definition) is 3. The van der Waals surface area contributed by atoms with Crippen LogP contribution in [0.15, 0.2) is 30.3 Å². The van der Waals surface area contributed by atoms with Crippen molar-refractivity contribution in [3.63, 3.8) is 0 Å². The number of halogens is 1. The van der Waals surface area contributed by atoms with Crippen molar-refractivity contribution in [1.82, 2.24) is 5.32 Å². The number of hydrogen-bond donors (Lipinski definition) is 1. The van der Waals surface area contributed by atoms with E-state index in [1.165, 1.54) is 17.4 Å². The number of benzene rings is 1. The first kappa shape index (κ1) is 16.4. The van der Waals surface area contributed by atoms with E-state index in [-0.39, 0.29) is 36.9 Å². The molecule has 0 radical (unpaired) electrons. The van der Waals surface area contributed by atoms with Crippen molar-refractivity contribution in [3.8, 4) is 0 Å². The number of aryl methyl sites for hydroxylation is 2. The Morgan fingerprint density at radius 2 is 1.91 bits per heavy atom. The molecule has 0 unspecified atom stereocenters. The SMILES string of the molecule is Cc1ccc(C(=O)CCC(=O)NCc2ccc(C)c(F)c2)s1. The van der Waals surface area contributed by atoms with Crippen LogP contribution in [0, 0.1) is 19.7 Å². The van der Waals surface area contributed by atoms with Crippen LogP contribution >= 0.6 is 11.3 Å². The van der Waals surface area contributed by atoms with Crippen LogP contribution in [-0.2, 0) is 11.3 Å². The van der Waals surface area contributed by atoms with Gasteiger partial charge in [-0.05, 0) is 43.2 Å². The number of Topliss-reactive ketones (excluding diaryl/α,β-unsaturated/α-hetero) is 1. The average molecular weight is 319 g/mol. The molecule has 0 aliphatic rings. The third-order valence-corrected chi connectivity index (χ3v) is 4.36. The molecule has 0 aliphatic heterocycles. The summed E-state index contributed by atoms with van der Waals surface area (Å²) >= 11 is 1.44. The van der Waals surface area contributed by atoms with Gasteiger partial charge in [0.1, 0.15) is 5.82 Å². The number of rotatable bonds is 6. The van der Waals surface area contributed by atoms with E-state index in [4.69, 9.17) is 0 Å². The highest BCUT2D eigenvalue weighted by Gasteiger charge is 2.11. The normalized spacial score (nSPS) is 10.5. The van der Waals surface area contributed by atoms with Gasteiger partial charge in [0.2, 0.25) is 5.91 Å². The van der Waals surface area contributed by atoms with E-state index >= 15 is 0 Å². The smallest absolute Gasteiger partial charge is 0.220 e. The second kappa shape index (κ2) is 7.31. The van der Waals surface area contributed by atoms with Crippen LogP contribution in [0.3, 0.4) is 0 Å². The van der Waals surface area contributed by atoms with Gasteiger partial charge in [-0.25, -0.2) is 4.39 Å². The van der Waals surface area contributed by atoms with Crippen molar-refractivity contribution in [2.24, 2.45) is 0 Å². The Bertz CT molecular complexity index is 694. The molecule has 22 heavy (non-hydrogen) atoms. The van der Waals surface area contributed by atoms with Crippen molar-refractivity contribution >= 4 is 23.0 Å². The zero-order chi connectivity index (χ0) is 16.1. The Hall–Kier alpha value is -2.01. The monoisotopic (exact) mass is 319 g/mol. The molecule has 1 aromatic heterocycles. The van der Waals surface area contributed by atoms with Gasteiger partial charge in [0.05, 0.1) is 4.88 Å². The summed E-state index contributed by atoms with van der Waals surface area (Å²) in [5.74, 6) is -0.507. The lowest BCUT2D eigenvalue weighted by Crippen LogP contribution is -2.23. The molecule has 0 saturated carbocycles. The molecule has 5 heteroatoms. The summed E-state index contributed by atoms with van der Waals surface area (Å²) in [6.45, 7) is 3.90. The molecule has 1 N–H and O–H groups in total. The first-order valence-electron chi connectivity index (χ1n) is 7.07. The predicted molar refractivity (Wildman–Crippen MR) is 85.6 cm³/mol. The summed E-state index contributed by atoms with van der Waals surface area (Å²) in [6.07, 6.45) is 0.332.